The molecule has 1 aromatic carbocycles. The highest BCUT2D eigenvalue weighted by Gasteiger charge is 2.02. The topological polar surface area (TPSA) is 12.9 Å². The van der Waals surface area contributed by atoms with Crippen LogP contribution in [0.25, 0.3) is 10.9 Å². The minimum Gasteiger partial charge on any atom is -0.251 e. The number of pyridine rings is 1. The Kier molecular flexibility index (Phi) is 2.19. The zero-order valence-corrected chi connectivity index (χ0v) is 8.12. The van der Waals surface area contributed by atoms with Crippen LogP contribution in [0.1, 0.15) is 18.0 Å². The molecule has 2 aromatic rings. The van der Waals surface area contributed by atoms with Crippen molar-refractivity contribution in [3.8, 4) is 0 Å². The van der Waals surface area contributed by atoms with E-state index in [2.05, 4.69) is 11.1 Å². The fourth-order valence-electron chi connectivity index (χ4n) is 1.30. The Morgan fingerprint density at radius 1 is 1.15 bits per heavy atom. The number of fused-ring (bicyclic) bond motifs is 1. The second kappa shape index (κ2) is 3.35. The number of hydrogen-bond donors (Lipinski definition) is 0. The maximum absolute atomic E-state index is 5.94. The molecule has 0 saturated heterocycles. The summed E-state index contributed by atoms with van der Waals surface area (Å²) in [5.41, 5.74) is 1.94. The van der Waals surface area contributed by atoms with Gasteiger partial charge in [-0.15, -0.1) is 11.6 Å². The fourth-order valence-corrected chi connectivity index (χ4v) is 1.42. The van der Waals surface area contributed by atoms with Gasteiger partial charge < -0.3 is 0 Å². The van der Waals surface area contributed by atoms with Gasteiger partial charge in [-0.2, -0.15) is 0 Å². The van der Waals surface area contributed by atoms with Crippen LogP contribution in [0, 0.1) is 0 Å². The van der Waals surface area contributed by atoms with Crippen molar-refractivity contribution in [2.45, 2.75) is 12.3 Å². The quantitative estimate of drug-likeness (QED) is 0.629. The molecule has 0 spiro atoms. The van der Waals surface area contributed by atoms with Crippen LogP contribution in [0.3, 0.4) is 0 Å². The van der Waals surface area contributed by atoms with E-state index in [1.165, 1.54) is 0 Å². The second-order valence-electron chi connectivity index (χ2n) is 3.04. The van der Waals surface area contributed by atoms with Crippen molar-refractivity contribution in [1.82, 2.24) is 4.98 Å². The Morgan fingerprint density at radius 3 is 2.69 bits per heavy atom. The third-order valence-electron chi connectivity index (χ3n) is 2.03. The van der Waals surface area contributed by atoms with Crippen LogP contribution in [0.15, 0.2) is 36.4 Å². The lowest BCUT2D eigenvalue weighted by atomic mass is 10.2. The number of nitrogens with zero attached hydrogens (tertiary/aromatic N) is 1. The highest BCUT2D eigenvalue weighted by molar-refractivity contribution is 6.20. The van der Waals surface area contributed by atoms with E-state index in [1.54, 1.807) is 0 Å². The van der Waals surface area contributed by atoms with Crippen LogP contribution in [-0.2, 0) is 0 Å². The van der Waals surface area contributed by atoms with Crippen molar-refractivity contribution in [3.05, 3.63) is 42.1 Å². The van der Waals surface area contributed by atoms with E-state index < -0.39 is 0 Å². The molecule has 1 unspecified atom stereocenters. The zero-order valence-electron chi connectivity index (χ0n) is 7.37. The Bertz CT molecular complexity index is 423. The number of rotatable bonds is 1. The lowest BCUT2D eigenvalue weighted by Gasteiger charge is -2.03. The third-order valence-corrected chi connectivity index (χ3v) is 2.25. The SMILES string of the molecule is CC(Cl)c1ccc2ccccc2n1. The van der Waals surface area contributed by atoms with Gasteiger partial charge in [-0.1, -0.05) is 24.3 Å². The molecule has 1 aromatic heterocycles. The summed E-state index contributed by atoms with van der Waals surface area (Å²) in [6.07, 6.45) is 0. The van der Waals surface area contributed by atoms with Gasteiger partial charge in [0.1, 0.15) is 0 Å². The van der Waals surface area contributed by atoms with Crippen molar-refractivity contribution >= 4 is 22.5 Å². The van der Waals surface area contributed by atoms with E-state index in [-0.39, 0.29) is 5.38 Å². The van der Waals surface area contributed by atoms with Gasteiger partial charge in [0.25, 0.3) is 0 Å². The summed E-state index contributed by atoms with van der Waals surface area (Å²) >= 11 is 5.94. The molecule has 2 rings (SSSR count). The molecule has 0 aliphatic carbocycles. The van der Waals surface area contributed by atoms with E-state index in [0.717, 1.165) is 16.6 Å². The smallest absolute Gasteiger partial charge is 0.0729 e. The number of alkyl halides is 1. The molecule has 0 N–H and O–H groups in total. The van der Waals surface area contributed by atoms with E-state index in [1.807, 2.05) is 37.3 Å². The molecular weight excluding hydrogens is 182 g/mol. The van der Waals surface area contributed by atoms with Gasteiger partial charge in [0.05, 0.1) is 16.6 Å². The predicted octanol–water partition coefficient (Wildman–Crippen LogP) is 3.53. The van der Waals surface area contributed by atoms with E-state index in [9.17, 15) is 0 Å². The number of hydrogen-bond acceptors (Lipinski definition) is 1. The van der Waals surface area contributed by atoms with Crippen LogP contribution < -0.4 is 0 Å². The van der Waals surface area contributed by atoms with Crippen molar-refractivity contribution < 1.29 is 0 Å². The normalized spacial score (nSPS) is 13.1. The second-order valence-corrected chi connectivity index (χ2v) is 3.70. The molecule has 66 valence electrons. The van der Waals surface area contributed by atoms with Gasteiger partial charge in [-0.25, -0.2) is 0 Å². The van der Waals surface area contributed by atoms with Crippen molar-refractivity contribution in [1.29, 1.82) is 0 Å². The summed E-state index contributed by atoms with van der Waals surface area (Å²) in [4.78, 5) is 4.44. The summed E-state index contributed by atoms with van der Waals surface area (Å²) in [6.45, 7) is 1.93. The average Bonchev–Trinajstić information content (AvgIpc) is 2.17. The molecule has 1 atom stereocenters. The third kappa shape index (κ3) is 1.65. The number of aromatic nitrogens is 1. The molecule has 0 aliphatic rings. The minimum atomic E-state index is -0.0235. The molecule has 1 nitrogen and oxygen atoms in total. The molecule has 13 heavy (non-hydrogen) atoms. The first kappa shape index (κ1) is 8.52. The number of halogens is 1. The lowest BCUT2D eigenvalue weighted by molar-refractivity contribution is 1.01. The number of benzene rings is 1. The van der Waals surface area contributed by atoms with Gasteiger partial charge in [-0.3, -0.25) is 4.98 Å². The summed E-state index contributed by atoms with van der Waals surface area (Å²) in [6, 6.07) is 12.1. The summed E-state index contributed by atoms with van der Waals surface area (Å²) in [5, 5.41) is 1.13. The molecule has 0 radical (unpaired) electrons. The predicted molar refractivity (Wildman–Crippen MR) is 56.0 cm³/mol. The molecule has 0 aliphatic heterocycles. The van der Waals surface area contributed by atoms with Crippen molar-refractivity contribution in [2.24, 2.45) is 0 Å². The van der Waals surface area contributed by atoms with Gasteiger partial charge in [0.2, 0.25) is 0 Å². The lowest BCUT2D eigenvalue weighted by Crippen LogP contribution is -1.89. The first-order chi connectivity index (χ1) is 6.27. The molecule has 1 heterocycles. The van der Waals surface area contributed by atoms with Crippen LogP contribution in [-0.4, -0.2) is 4.98 Å². The van der Waals surface area contributed by atoms with Crippen molar-refractivity contribution in [2.75, 3.05) is 0 Å². The summed E-state index contributed by atoms with van der Waals surface area (Å²) < 4.78 is 0. The standard InChI is InChI=1S/C11H10ClN/c1-8(12)10-7-6-9-4-2-3-5-11(9)13-10/h2-8H,1H3. The van der Waals surface area contributed by atoms with Crippen LogP contribution in [0.4, 0.5) is 0 Å². The molecular formula is C11H10ClN. The van der Waals surface area contributed by atoms with Crippen molar-refractivity contribution in [3.63, 3.8) is 0 Å². The van der Waals surface area contributed by atoms with Gasteiger partial charge >= 0.3 is 0 Å². The Hall–Kier alpha value is -1.08. The molecule has 0 bridgehead atoms. The van der Waals surface area contributed by atoms with Gasteiger partial charge in [-0.05, 0) is 19.1 Å². The van der Waals surface area contributed by atoms with E-state index in [0.29, 0.717) is 0 Å². The minimum absolute atomic E-state index is 0.0235. The van der Waals surface area contributed by atoms with E-state index in [4.69, 9.17) is 11.6 Å². The Labute approximate surface area is 82.4 Å². The Morgan fingerprint density at radius 2 is 1.92 bits per heavy atom. The maximum Gasteiger partial charge on any atom is 0.0729 e. The van der Waals surface area contributed by atoms with Crippen LogP contribution in [0.2, 0.25) is 0 Å². The van der Waals surface area contributed by atoms with E-state index >= 15 is 0 Å². The Balaban J connectivity index is 2.62. The molecule has 0 amide bonds. The van der Waals surface area contributed by atoms with Gasteiger partial charge in [0, 0.05) is 5.39 Å². The molecule has 0 fully saturated rings. The van der Waals surface area contributed by atoms with Crippen LogP contribution >= 0.6 is 11.6 Å². The summed E-state index contributed by atoms with van der Waals surface area (Å²) in [7, 11) is 0. The highest BCUT2D eigenvalue weighted by Crippen LogP contribution is 2.20. The largest absolute Gasteiger partial charge is 0.251 e. The molecule has 0 saturated carbocycles. The highest BCUT2D eigenvalue weighted by atomic mass is 35.5. The first-order valence-electron chi connectivity index (χ1n) is 4.27. The average molecular weight is 192 g/mol. The van der Waals surface area contributed by atoms with Crippen LogP contribution in [0.5, 0.6) is 0 Å². The zero-order chi connectivity index (χ0) is 9.26. The molecule has 2 heteroatoms. The monoisotopic (exact) mass is 191 g/mol. The number of para-hydroxylation sites is 1. The first-order valence-corrected chi connectivity index (χ1v) is 4.71. The maximum atomic E-state index is 5.94. The van der Waals surface area contributed by atoms with Gasteiger partial charge in [0.15, 0.2) is 0 Å². The summed E-state index contributed by atoms with van der Waals surface area (Å²) in [5.74, 6) is 0. The fraction of sp³-hybridized carbons (Fsp3) is 0.182.